The van der Waals surface area contributed by atoms with Gasteiger partial charge >= 0.3 is 0 Å². The summed E-state index contributed by atoms with van der Waals surface area (Å²) in [6, 6.07) is 0. The van der Waals surface area contributed by atoms with E-state index in [1.54, 1.807) is 0 Å². The maximum atomic E-state index is 13.0. The Hall–Kier alpha value is 0.194. The molecule has 5 rings (SSSR count). The summed E-state index contributed by atoms with van der Waals surface area (Å²) in [5.74, 6) is 0.497. The van der Waals surface area contributed by atoms with Gasteiger partial charge in [0.05, 0.1) is 24.9 Å². The number of hydrogen-bond acceptors (Lipinski definition) is 6. The summed E-state index contributed by atoms with van der Waals surface area (Å²) in [7, 11) is -2.57. The highest BCUT2D eigenvalue weighted by atomic mass is 28.4. The van der Waals surface area contributed by atoms with Gasteiger partial charge in [-0.25, -0.2) is 0 Å². The fraction of sp³-hybridized carbons (Fsp3) is 1.00. The van der Waals surface area contributed by atoms with Gasteiger partial charge in [-0.1, -0.05) is 55.4 Å². The molecule has 0 heterocycles. The Morgan fingerprint density at radius 3 is 1.95 bits per heavy atom. The van der Waals surface area contributed by atoms with E-state index in [0.717, 1.165) is 25.2 Å². The van der Waals surface area contributed by atoms with E-state index >= 15 is 0 Å². The summed E-state index contributed by atoms with van der Waals surface area (Å²) in [6.45, 7) is 27.5. The normalized spacial score (nSPS) is 47.9. The molecule has 0 radical (unpaired) electrons. The lowest BCUT2D eigenvalue weighted by Crippen LogP contribution is -2.68. The Labute approximate surface area is 258 Å². The van der Waals surface area contributed by atoms with Crippen LogP contribution in [0.5, 0.6) is 0 Å². The highest BCUT2D eigenvalue weighted by Crippen LogP contribution is 2.82. The predicted molar refractivity (Wildman–Crippen MR) is 173 cm³/mol. The zero-order valence-corrected chi connectivity index (χ0v) is 31.1. The van der Waals surface area contributed by atoms with Crippen molar-refractivity contribution in [3.63, 3.8) is 0 Å². The molecular weight excluding hydrogens is 561 g/mol. The zero-order chi connectivity index (χ0) is 31.7. The summed E-state index contributed by atoms with van der Waals surface area (Å²) in [5.41, 5.74) is -1.80. The van der Waals surface area contributed by atoms with Crippen molar-refractivity contribution in [2.75, 3.05) is 13.7 Å². The van der Waals surface area contributed by atoms with Crippen LogP contribution in [0.3, 0.4) is 0 Å². The van der Waals surface area contributed by atoms with Gasteiger partial charge in [0, 0.05) is 23.9 Å². The van der Waals surface area contributed by atoms with E-state index in [9.17, 15) is 15.3 Å². The molecule has 5 fully saturated rings. The third-order valence-electron chi connectivity index (χ3n) is 15.3. The summed E-state index contributed by atoms with van der Waals surface area (Å²) in [5, 5.41) is 37.1. The molecule has 244 valence electrons. The second-order valence-electron chi connectivity index (χ2n) is 18.8. The van der Waals surface area contributed by atoms with Crippen molar-refractivity contribution in [2.45, 2.75) is 160 Å². The summed E-state index contributed by atoms with van der Waals surface area (Å²) < 4.78 is 20.3. The molecule has 6 nitrogen and oxygen atoms in total. The molecule has 5 aliphatic rings. The third-order valence-corrected chi connectivity index (χ3v) is 24.3. The van der Waals surface area contributed by atoms with E-state index in [1.807, 2.05) is 7.11 Å². The minimum atomic E-state index is -2.29. The Morgan fingerprint density at radius 2 is 1.43 bits per heavy atom. The maximum Gasteiger partial charge on any atom is 0.192 e. The molecule has 0 aromatic carbocycles. The van der Waals surface area contributed by atoms with Gasteiger partial charge in [0.2, 0.25) is 0 Å². The van der Waals surface area contributed by atoms with Gasteiger partial charge in [0.25, 0.3) is 0 Å². The summed E-state index contributed by atoms with van der Waals surface area (Å²) >= 11 is 0. The fourth-order valence-corrected chi connectivity index (χ4v) is 12.9. The molecular formula is C34H64O6Si2. The van der Waals surface area contributed by atoms with E-state index in [4.69, 9.17) is 13.6 Å². The van der Waals surface area contributed by atoms with Crippen LogP contribution < -0.4 is 0 Å². The van der Waals surface area contributed by atoms with Crippen LogP contribution in [0.15, 0.2) is 0 Å². The van der Waals surface area contributed by atoms with E-state index in [2.05, 4.69) is 81.6 Å². The van der Waals surface area contributed by atoms with Crippen molar-refractivity contribution >= 4 is 16.6 Å². The highest BCUT2D eigenvalue weighted by Gasteiger charge is 2.81. The van der Waals surface area contributed by atoms with Crippen LogP contribution >= 0.6 is 0 Å². The van der Waals surface area contributed by atoms with Crippen molar-refractivity contribution in [1.29, 1.82) is 0 Å². The number of rotatable bonds is 7. The lowest BCUT2D eigenvalue weighted by Gasteiger charge is -2.64. The summed E-state index contributed by atoms with van der Waals surface area (Å²) in [6.07, 6.45) is 3.55. The molecule has 12 atom stereocenters. The summed E-state index contributed by atoms with van der Waals surface area (Å²) in [4.78, 5) is 0. The molecule has 0 aliphatic heterocycles. The van der Waals surface area contributed by atoms with Crippen LogP contribution in [0, 0.1) is 39.9 Å². The number of fused-ring (bicyclic) bond motifs is 4. The van der Waals surface area contributed by atoms with Gasteiger partial charge < -0.3 is 28.9 Å². The van der Waals surface area contributed by atoms with Gasteiger partial charge in [0.1, 0.15) is 11.7 Å². The van der Waals surface area contributed by atoms with Gasteiger partial charge in [-0.05, 0) is 98.0 Å². The van der Waals surface area contributed by atoms with Crippen LogP contribution in [-0.4, -0.2) is 75.7 Å². The third kappa shape index (κ3) is 4.27. The molecule has 3 N–H and O–H groups in total. The van der Waals surface area contributed by atoms with E-state index in [-0.39, 0.29) is 32.9 Å². The average Bonchev–Trinajstić information content (AvgIpc) is 3.47. The number of aliphatic hydroxyl groups excluding tert-OH is 2. The number of hydrogen-bond donors (Lipinski definition) is 3. The number of aliphatic hydroxyl groups is 3. The molecule has 0 unspecified atom stereocenters. The lowest BCUT2D eigenvalue weighted by molar-refractivity contribution is -0.254. The van der Waals surface area contributed by atoms with Crippen LogP contribution in [0.4, 0.5) is 0 Å². The zero-order valence-electron chi connectivity index (χ0n) is 29.1. The lowest BCUT2D eigenvalue weighted by atomic mass is 9.43. The van der Waals surface area contributed by atoms with E-state index in [0.29, 0.717) is 12.5 Å². The first-order valence-corrected chi connectivity index (χ1v) is 22.7. The van der Waals surface area contributed by atoms with Crippen molar-refractivity contribution in [2.24, 2.45) is 39.9 Å². The number of ether oxygens (including phenoxy) is 1. The number of methoxy groups -OCH3 is 1. The standard InChI is InChI=1S/C34H64O6Si2/c1-29(2,3)41(10,11)39-20-24(40-42(12,13)30(4,5)6)26-27(35)28(36)34(37)23-18-25(38-9)33-19-21(33)14-16-31(33,7)22(23)15-17-32(26,34)8/h21-28,35-37H,14-20H2,1-13H3/t21-,22+,23-,24-,25-,26-,27-,28+,31-,32-,33+,34-/m1/s1. The van der Waals surface area contributed by atoms with E-state index < -0.39 is 51.9 Å². The van der Waals surface area contributed by atoms with Crippen molar-refractivity contribution in [3.05, 3.63) is 0 Å². The smallest absolute Gasteiger partial charge is 0.192 e. The van der Waals surface area contributed by atoms with Crippen LogP contribution in [0.1, 0.15) is 93.9 Å². The quantitative estimate of drug-likeness (QED) is 0.272. The van der Waals surface area contributed by atoms with Crippen molar-refractivity contribution in [1.82, 2.24) is 0 Å². The van der Waals surface area contributed by atoms with Gasteiger partial charge in [-0.2, -0.15) is 0 Å². The molecule has 42 heavy (non-hydrogen) atoms. The van der Waals surface area contributed by atoms with Gasteiger partial charge in [-0.15, -0.1) is 0 Å². The van der Waals surface area contributed by atoms with Crippen LogP contribution in [-0.2, 0) is 13.6 Å². The first kappa shape index (κ1) is 33.6. The SMILES string of the molecule is CO[C@@H]1C[C@@H]2[C@H](CC[C@]3(C)[C@H]([C@@H](CO[Si](C)(C)C(C)(C)C)O[Si](C)(C)C(C)(C)C)[C@@H](O)[C@H](O)[C@]23O)[C@@]2(C)CC[C@@H]3C[C@]312. The Balaban J connectivity index is 1.54. The first-order chi connectivity index (χ1) is 19.0. The molecule has 0 amide bonds. The molecule has 0 bridgehead atoms. The second kappa shape index (κ2) is 9.85. The van der Waals surface area contributed by atoms with Crippen molar-refractivity contribution in [3.8, 4) is 0 Å². The fourth-order valence-electron chi connectivity index (χ4n) is 10.6. The first-order valence-electron chi connectivity index (χ1n) is 16.9. The Kier molecular flexibility index (Phi) is 7.87. The molecule has 1 spiro atoms. The van der Waals surface area contributed by atoms with Gasteiger partial charge in [-0.3, -0.25) is 0 Å². The Bertz CT molecular complexity index is 1050. The minimum absolute atomic E-state index is 0.0273. The Morgan fingerprint density at radius 1 is 0.857 bits per heavy atom. The average molecular weight is 625 g/mol. The molecule has 5 aliphatic carbocycles. The van der Waals surface area contributed by atoms with Gasteiger partial charge in [0.15, 0.2) is 16.6 Å². The topological polar surface area (TPSA) is 88.4 Å². The monoisotopic (exact) mass is 624 g/mol. The predicted octanol–water partition coefficient (Wildman–Crippen LogP) is 6.74. The van der Waals surface area contributed by atoms with E-state index in [1.165, 1.54) is 19.3 Å². The largest absolute Gasteiger partial charge is 0.414 e. The molecule has 0 saturated heterocycles. The van der Waals surface area contributed by atoms with Crippen LogP contribution in [0.2, 0.25) is 36.3 Å². The minimum Gasteiger partial charge on any atom is -0.414 e. The molecule has 5 saturated carbocycles. The molecule has 0 aromatic rings. The molecule has 8 heteroatoms. The molecule has 0 aromatic heterocycles. The maximum absolute atomic E-state index is 13.0. The second-order valence-corrected chi connectivity index (χ2v) is 28.4. The van der Waals surface area contributed by atoms with Crippen LogP contribution in [0.25, 0.3) is 0 Å². The highest BCUT2D eigenvalue weighted by molar-refractivity contribution is 6.74. The van der Waals surface area contributed by atoms with Crippen molar-refractivity contribution < 1.29 is 28.9 Å².